The summed E-state index contributed by atoms with van der Waals surface area (Å²) in [4.78, 5) is 13.3. The van der Waals surface area contributed by atoms with Crippen LogP contribution in [0.4, 0.5) is 0 Å². The van der Waals surface area contributed by atoms with E-state index in [-0.39, 0.29) is 23.7 Å². The van der Waals surface area contributed by atoms with Crippen molar-refractivity contribution >= 4 is 5.97 Å². The van der Waals surface area contributed by atoms with Crippen LogP contribution < -0.4 is 5.32 Å². The van der Waals surface area contributed by atoms with Crippen LogP contribution in [0.25, 0.3) is 0 Å². The van der Waals surface area contributed by atoms with Gasteiger partial charge < -0.3 is 15.2 Å². The lowest BCUT2D eigenvalue weighted by atomic mass is 9.62. The highest BCUT2D eigenvalue weighted by Crippen LogP contribution is 2.47. The van der Waals surface area contributed by atoms with E-state index in [0.29, 0.717) is 19.3 Å². The fraction of sp³-hybridized carbons (Fsp3) is 0.696. The molecule has 0 spiro atoms. The van der Waals surface area contributed by atoms with Gasteiger partial charge in [-0.3, -0.25) is 4.79 Å². The number of unbranched alkanes of at least 4 members (excludes halogenated alkanes) is 1. The first-order chi connectivity index (χ1) is 12.5. The number of hydrogen-bond acceptors (Lipinski definition) is 4. The number of piperidine rings is 1. The zero-order chi connectivity index (χ0) is 20.3. The third kappa shape index (κ3) is 5.55. The average molecular weight is 376 g/mol. The maximum Gasteiger partial charge on any atom is 0.315 e. The van der Waals surface area contributed by atoms with Crippen LogP contribution in [0.5, 0.6) is 0 Å². The van der Waals surface area contributed by atoms with Crippen molar-refractivity contribution < 1.29 is 14.6 Å². The molecule has 1 aliphatic heterocycles. The Kier molecular flexibility index (Phi) is 6.75. The smallest absolute Gasteiger partial charge is 0.315 e. The van der Waals surface area contributed by atoms with Gasteiger partial charge >= 0.3 is 5.97 Å². The average Bonchev–Trinajstić information content (AvgIpc) is 2.55. The molecule has 2 N–H and O–H groups in total. The number of benzene rings is 1. The predicted molar refractivity (Wildman–Crippen MR) is 109 cm³/mol. The fourth-order valence-electron chi connectivity index (χ4n) is 4.81. The molecule has 1 aromatic rings. The lowest BCUT2D eigenvalue weighted by Crippen LogP contribution is -2.65. The quantitative estimate of drug-likeness (QED) is 0.688. The normalized spacial score (nSPS) is 21.4. The van der Waals surface area contributed by atoms with Crippen LogP contribution >= 0.6 is 0 Å². The van der Waals surface area contributed by atoms with Gasteiger partial charge in [-0.25, -0.2) is 0 Å². The van der Waals surface area contributed by atoms with Crippen LogP contribution in [0.2, 0.25) is 0 Å². The molecule has 0 bridgehead atoms. The Balaban J connectivity index is 2.25. The van der Waals surface area contributed by atoms with Crippen molar-refractivity contribution in [3.8, 4) is 0 Å². The zero-order valence-electron chi connectivity index (χ0n) is 17.9. The standard InChI is InChI=1S/C23H37NO3/c1-7-8-9-19(25)23(15-21(3,4)24-22(5,6)16-23)20(26)27-14-18-12-10-17(2)11-13-18/h10-13,19,24-25H,7-9,14-16H2,1-6H3. The maximum atomic E-state index is 13.3. The van der Waals surface area contributed by atoms with E-state index in [4.69, 9.17) is 4.74 Å². The van der Waals surface area contributed by atoms with Crippen molar-refractivity contribution in [1.82, 2.24) is 5.32 Å². The number of hydrogen-bond donors (Lipinski definition) is 2. The lowest BCUT2D eigenvalue weighted by molar-refractivity contribution is -0.175. The number of ether oxygens (including phenoxy) is 1. The molecule has 1 fully saturated rings. The first kappa shape index (κ1) is 21.9. The van der Waals surface area contributed by atoms with E-state index in [9.17, 15) is 9.90 Å². The van der Waals surface area contributed by atoms with Gasteiger partial charge in [0.25, 0.3) is 0 Å². The summed E-state index contributed by atoms with van der Waals surface area (Å²) in [6.07, 6.45) is 2.98. The topological polar surface area (TPSA) is 58.6 Å². The molecule has 1 atom stereocenters. The fourth-order valence-corrected chi connectivity index (χ4v) is 4.81. The maximum absolute atomic E-state index is 13.3. The molecule has 0 amide bonds. The summed E-state index contributed by atoms with van der Waals surface area (Å²) in [5.74, 6) is -0.269. The molecular weight excluding hydrogens is 338 g/mol. The van der Waals surface area contributed by atoms with Crippen molar-refractivity contribution in [1.29, 1.82) is 0 Å². The third-order valence-corrected chi connectivity index (χ3v) is 5.56. The molecular formula is C23H37NO3. The molecule has 4 heteroatoms. The van der Waals surface area contributed by atoms with Gasteiger partial charge in [0.1, 0.15) is 6.61 Å². The molecule has 1 saturated heterocycles. The lowest BCUT2D eigenvalue weighted by Gasteiger charge is -2.53. The molecule has 152 valence electrons. The Morgan fingerprint density at radius 2 is 1.70 bits per heavy atom. The molecule has 2 rings (SSSR count). The summed E-state index contributed by atoms with van der Waals surface area (Å²) < 4.78 is 5.77. The number of nitrogens with one attached hydrogen (secondary N) is 1. The van der Waals surface area contributed by atoms with Crippen LogP contribution in [-0.4, -0.2) is 28.3 Å². The molecule has 1 unspecified atom stereocenters. The molecule has 0 saturated carbocycles. The molecule has 4 nitrogen and oxygen atoms in total. The van der Waals surface area contributed by atoms with E-state index in [1.807, 2.05) is 31.2 Å². The summed E-state index contributed by atoms with van der Waals surface area (Å²) in [7, 11) is 0. The second-order valence-electron chi connectivity index (χ2n) is 9.62. The van der Waals surface area contributed by atoms with Gasteiger partial charge in [-0.2, -0.15) is 0 Å². The van der Waals surface area contributed by atoms with Crippen molar-refractivity contribution in [2.24, 2.45) is 5.41 Å². The molecule has 1 heterocycles. The molecule has 0 aromatic heterocycles. The van der Waals surface area contributed by atoms with Gasteiger partial charge in [-0.1, -0.05) is 49.6 Å². The van der Waals surface area contributed by atoms with Crippen LogP contribution in [0, 0.1) is 12.3 Å². The highest BCUT2D eigenvalue weighted by Gasteiger charge is 2.56. The van der Waals surface area contributed by atoms with Gasteiger partial charge in [0.2, 0.25) is 0 Å². The minimum absolute atomic E-state index is 0.246. The van der Waals surface area contributed by atoms with Gasteiger partial charge in [0.05, 0.1) is 11.5 Å². The van der Waals surface area contributed by atoms with Gasteiger partial charge in [-0.15, -0.1) is 0 Å². The number of carbonyl (C=O) groups is 1. The Morgan fingerprint density at radius 3 is 2.22 bits per heavy atom. The van der Waals surface area contributed by atoms with Crippen molar-refractivity contribution in [2.45, 2.75) is 97.4 Å². The van der Waals surface area contributed by atoms with Crippen molar-refractivity contribution in [3.05, 3.63) is 35.4 Å². The SMILES string of the molecule is CCCCC(O)C1(C(=O)OCc2ccc(C)cc2)CC(C)(C)NC(C)(C)C1. The molecule has 0 aliphatic carbocycles. The summed E-state index contributed by atoms with van der Waals surface area (Å²) in [5, 5.41) is 14.7. The second kappa shape index (κ2) is 8.32. The minimum atomic E-state index is -0.877. The number of aliphatic hydroxyl groups is 1. The molecule has 1 aromatic carbocycles. The Hall–Kier alpha value is -1.39. The Morgan fingerprint density at radius 1 is 1.15 bits per heavy atom. The van der Waals surface area contributed by atoms with E-state index < -0.39 is 11.5 Å². The number of carbonyl (C=O) groups excluding carboxylic acids is 1. The second-order valence-corrected chi connectivity index (χ2v) is 9.62. The van der Waals surface area contributed by atoms with Crippen LogP contribution in [0.15, 0.2) is 24.3 Å². The van der Waals surface area contributed by atoms with Crippen molar-refractivity contribution in [3.63, 3.8) is 0 Å². The molecule has 27 heavy (non-hydrogen) atoms. The monoisotopic (exact) mass is 375 g/mol. The van der Waals surface area contributed by atoms with E-state index in [1.54, 1.807) is 0 Å². The highest BCUT2D eigenvalue weighted by molar-refractivity contribution is 5.78. The predicted octanol–water partition coefficient (Wildman–Crippen LogP) is 4.52. The number of esters is 1. The first-order valence-corrected chi connectivity index (χ1v) is 10.2. The summed E-state index contributed by atoms with van der Waals surface area (Å²) in [6.45, 7) is 12.8. The minimum Gasteiger partial charge on any atom is -0.460 e. The van der Waals surface area contributed by atoms with Crippen LogP contribution in [0.1, 0.15) is 77.8 Å². The number of aryl methyl sites for hydroxylation is 1. The Labute approximate surface area is 164 Å². The molecule has 1 aliphatic rings. The number of rotatable bonds is 7. The first-order valence-electron chi connectivity index (χ1n) is 10.2. The van der Waals surface area contributed by atoms with E-state index in [0.717, 1.165) is 18.4 Å². The van der Waals surface area contributed by atoms with Crippen molar-refractivity contribution in [2.75, 3.05) is 0 Å². The zero-order valence-corrected chi connectivity index (χ0v) is 17.9. The van der Waals surface area contributed by atoms with Gasteiger partial charge in [0.15, 0.2) is 0 Å². The largest absolute Gasteiger partial charge is 0.460 e. The van der Waals surface area contributed by atoms with E-state index in [1.165, 1.54) is 5.56 Å². The molecule has 0 radical (unpaired) electrons. The van der Waals surface area contributed by atoms with E-state index >= 15 is 0 Å². The van der Waals surface area contributed by atoms with E-state index in [2.05, 4.69) is 39.9 Å². The summed E-state index contributed by atoms with van der Waals surface area (Å²) in [6, 6.07) is 8.01. The number of aliphatic hydroxyl groups excluding tert-OH is 1. The van der Waals surface area contributed by atoms with Gasteiger partial charge in [0, 0.05) is 11.1 Å². The summed E-state index contributed by atoms with van der Waals surface area (Å²) >= 11 is 0. The van der Waals surface area contributed by atoms with Crippen LogP contribution in [-0.2, 0) is 16.1 Å². The summed E-state index contributed by atoms with van der Waals surface area (Å²) in [5.41, 5.74) is 0.770. The van der Waals surface area contributed by atoms with Crippen LogP contribution in [0.3, 0.4) is 0 Å². The Bertz CT molecular complexity index is 618. The third-order valence-electron chi connectivity index (χ3n) is 5.56. The highest BCUT2D eigenvalue weighted by atomic mass is 16.5. The van der Waals surface area contributed by atoms with Gasteiger partial charge in [-0.05, 0) is 59.4 Å².